The van der Waals surface area contributed by atoms with Gasteiger partial charge in [-0.15, -0.1) is 0 Å². The Morgan fingerprint density at radius 1 is 0.208 bits per heavy atom. The van der Waals surface area contributed by atoms with Gasteiger partial charge in [0.05, 0.1) is 0 Å². The van der Waals surface area contributed by atoms with E-state index in [-0.39, 0.29) is 0 Å². The molecule has 0 heteroatoms. The molecule has 224 valence electrons. The molecule has 0 N–H and O–H groups in total. The lowest BCUT2D eigenvalue weighted by molar-refractivity contribution is 1.58. The average Bonchev–Trinajstić information content (AvgIpc) is 3.17. The van der Waals surface area contributed by atoms with E-state index >= 15 is 0 Å². The van der Waals surface area contributed by atoms with E-state index in [0.717, 1.165) is 0 Å². The summed E-state index contributed by atoms with van der Waals surface area (Å²) in [5.74, 6) is 0. The Kier molecular flexibility index (Phi) is 6.91. The normalized spacial score (nSPS) is 11.3. The Bertz CT molecular complexity index is 2580. The zero-order valence-electron chi connectivity index (χ0n) is 26.5. The highest BCUT2D eigenvalue weighted by Gasteiger charge is 2.18. The van der Waals surface area contributed by atoms with Crippen molar-refractivity contribution in [2.24, 2.45) is 0 Å². The van der Waals surface area contributed by atoms with Crippen molar-refractivity contribution in [1.29, 1.82) is 0 Å². The highest BCUT2D eigenvalue weighted by atomic mass is 14.2. The van der Waals surface area contributed by atoms with Crippen molar-refractivity contribution < 1.29 is 0 Å². The fourth-order valence-corrected chi connectivity index (χ4v) is 7.29. The van der Waals surface area contributed by atoms with Gasteiger partial charge in [-0.25, -0.2) is 0 Å². The number of hydrogen-bond acceptors (Lipinski definition) is 0. The molecule has 0 spiro atoms. The van der Waals surface area contributed by atoms with Crippen LogP contribution in [0, 0.1) is 0 Å². The summed E-state index contributed by atoms with van der Waals surface area (Å²) in [7, 11) is 0. The lowest BCUT2D eigenvalue weighted by atomic mass is 9.84. The Morgan fingerprint density at radius 2 is 0.604 bits per heavy atom. The Hall–Kier alpha value is -6.24. The molecule has 0 atom stereocenters. The van der Waals surface area contributed by atoms with Crippen molar-refractivity contribution in [3.8, 4) is 55.6 Å². The second-order valence-electron chi connectivity index (χ2n) is 12.5. The van der Waals surface area contributed by atoms with Gasteiger partial charge in [0.25, 0.3) is 0 Å². The Labute approximate surface area is 281 Å². The topological polar surface area (TPSA) is 0 Å². The predicted octanol–water partition coefficient (Wildman–Crippen LogP) is 13.5. The molecule has 9 aromatic carbocycles. The Morgan fingerprint density at radius 3 is 1.15 bits per heavy atom. The van der Waals surface area contributed by atoms with E-state index in [2.05, 4.69) is 194 Å². The highest BCUT2D eigenvalue weighted by molar-refractivity contribution is 6.13. The van der Waals surface area contributed by atoms with Crippen LogP contribution in [-0.2, 0) is 0 Å². The molecule has 0 fully saturated rings. The SMILES string of the molecule is c1ccc(-c2c(-c3ccc(-c4ccc5ccccc5c4)cc3)ccc3c(-c4ccccc4)c(-c4ccc5ccccc5c4)ccc23)cc1. The number of rotatable bonds is 5. The van der Waals surface area contributed by atoms with Crippen LogP contribution < -0.4 is 0 Å². The fourth-order valence-electron chi connectivity index (χ4n) is 7.29. The summed E-state index contributed by atoms with van der Waals surface area (Å²) < 4.78 is 0. The third kappa shape index (κ3) is 4.96. The van der Waals surface area contributed by atoms with Gasteiger partial charge in [-0.2, -0.15) is 0 Å². The first-order valence-electron chi connectivity index (χ1n) is 16.6. The van der Waals surface area contributed by atoms with E-state index in [9.17, 15) is 0 Å². The van der Waals surface area contributed by atoms with Gasteiger partial charge >= 0.3 is 0 Å². The fraction of sp³-hybridized carbons (Fsp3) is 0. The third-order valence-electron chi connectivity index (χ3n) is 9.66. The minimum absolute atomic E-state index is 1.21. The molecule has 0 heterocycles. The summed E-state index contributed by atoms with van der Waals surface area (Å²) in [6.45, 7) is 0. The number of benzene rings is 9. The molecule has 9 rings (SSSR count). The van der Waals surface area contributed by atoms with Crippen LogP contribution in [0.5, 0.6) is 0 Å². The maximum Gasteiger partial charge on any atom is -0.00266 e. The highest BCUT2D eigenvalue weighted by Crippen LogP contribution is 2.45. The van der Waals surface area contributed by atoms with Gasteiger partial charge in [-0.1, -0.05) is 182 Å². The molecule has 0 saturated heterocycles. The molecular weight excluding hydrogens is 577 g/mol. The van der Waals surface area contributed by atoms with Gasteiger partial charge in [0.2, 0.25) is 0 Å². The molecule has 0 aliphatic carbocycles. The molecule has 0 unspecified atom stereocenters. The molecule has 0 nitrogen and oxygen atoms in total. The van der Waals surface area contributed by atoms with Crippen molar-refractivity contribution in [2.45, 2.75) is 0 Å². The van der Waals surface area contributed by atoms with Crippen LogP contribution in [0.2, 0.25) is 0 Å². The van der Waals surface area contributed by atoms with E-state index in [1.807, 2.05) is 0 Å². The number of hydrogen-bond donors (Lipinski definition) is 0. The maximum absolute atomic E-state index is 2.33. The van der Waals surface area contributed by atoms with E-state index in [1.54, 1.807) is 0 Å². The summed E-state index contributed by atoms with van der Waals surface area (Å²) in [6, 6.07) is 70.8. The van der Waals surface area contributed by atoms with Crippen LogP contribution in [0.25, 0.3) is 88.0 Å². The second-order valence-corrected chi connectivity index (χ2v) is 12.5. The zero-order valence-corrected chi connectivity index (χ0v) is 26.5. The summed E-state index contributed by atoms with van der Waals surface area (Å²) in [5, 5.41) is 7.54. The van der Waals surface area contributed by atoms with E-state index in [0.29, 0.717) is 0 Å². The molecule has 48 heavy (non-hydrogen) atoms. The lowest BCUT2D eigenvalue weighted by Crippen LogP contribution is -1.93. The minimum Gasteiger partial charge on any atom is -0.0622 e. The summed E-state index contributed by atoms with van der Waals surface area (Å²) >= 11 is 0. The molecule has 9 aromatic rings. The van der Waals surface area contributed by atoms with Gasteiger partial charge < -0.3 is 0 Å². The first-order chi connectivity index (χ1) is 23.8. The second kappa shape index (κ2) is 11.8. The minimum atomic E-state index is 1.21. The maximum atomic E-state index is 2.33. The van der Waals surface area contributed by atoms with Crippen molar-refractivity contribution in [3.05, 3.63) is 194 Å². The van der Waals surface area contributed by atoms with E-state index in [1.165, 1.54) is 88.0 Å². The molecule has 0 bridgehead atoms. The van der Waals surface area contributed by atoms with Crippen LogP contribution in [0.3, 0.4) is 0 Å². The van der Waals surface area contributed by atoms with Crippen molar-refractivity contribution >= 4 is 32.3 Å². The van der Waals surface area contributed by atoms with Crippen molar-refractivity contribution in [2.75, 3.05) is 0 Å². The number of fused-ring (bicyclic) bond motifs is 3. The van der Waals surface area contributed by atoms with Crippen molar-refractivity contribution in [3.63, 3.8) is 0 Å². The molecule has 0 amide bonds. The lowest BCUT2D eigenvalue weighted by Gasteiger charge is -2.20. The summed E-state index contributed by atoms with van der Waals surface area (Å²) in [6.07, 6.45) is 0. The monoisotopic (exact) mass is 608 g/mol. The Balaban J connectivity index is 1.24. The van der Waals surface area contributed by atoms with Crippen LogP contribution >= 0.6 is 0 Å². The van der Waals surface area contributed by atoms with Crippen LogP contribution in [0.1, 0.15) is 0 Å². The van der Waals surface area contributed by atoms with Crippen molar-refractivity contribution in [1.82, 2.24) is 0 Å². The van der Waals surface area contributed by atoms with E-state index in [4.69, 9.17) is 0 Å². The predicted molar refractivity (Wildman–Crippen MR) is 206 cm³/mol. The third-order valence-corrected chi connectivity index (χ3v) is 9.66. The quantitative estimate of drug-likeness (QED) is 0.182. The van der Waals surface area contributed by atoms with Gasteiger partial charge in [0.1, 0.15) is 0 Å². The van der Waals surface area contributed by atoms with Gasteiger partial charge in [0.15, 0.2) is 0 Å². The molecule has 0 saturated carbocycles. The smallest absolute Gasteiger partial charge is 0.00266 e. The van der Waals surface area contributed by atoms with E-state index < -0.39 is 0 Å². The largest absolute Gasteiger partial charge is 0.0622 e. The molecule has 0 radical (unpaired) electrons. The first kappa shape index (κ1) is 28.0. The summed E-state index contributed by atoms with van der Waals surface area (Å²) in [5.41, 5.74) is 12.3. The van der Waals surface area contributed by atoms with Gasteiger partial charge in [0, 0.05) is 0 Å². The van der Waals surface area contributed by atoms with Gasteiger partial charge in [-0.05, 0) is 100 Å². The molecular formula is C48H32. The zero-order chi connectivity index (χ0) is 31.9. The van der Waals surface area contributed by atoms with Crippen LogP contribution in [-0.4, -0.2) is 0 Å². The molecule has 0 aromatic heterocycles. The van der Waals surface area contributed by atoms with Gasteiger partial charge in [-0.3, -0.25) is 0 Å². The standard InChI is InChI=1S/C48H32/c1-3-13-37(14-4-1)47-43(36-23-19-35(20-24-36)41-25-21-33-11-7-9-17-39(33)31-41)27-29-46-45(47)30-28-44(48(46)38-15-5-2-6-16-38)42-26-22-34-12-8-10-18-40(34)32-42/h1-32H. The first-order valence-corrected chi connectivity index (χ1v) is 16.6. The molecule has 0 aliphatic rings. The van der Waals surface area contributed by atoms with Crippen LogP contribution in [0.15, 0.2) is 194 Å². The van der Waals surface area contributed by atoms with Crippen LogP contribution in [0.4, 0.5) is 0 Å². The molecule has 0 aliphatic heterocycles. The average molecular weight is 609 g/mol. The summed E-state index contributed by atoms with van der Waals surface area (Å²) in [4.78, 5) is 0.